The molecule has 0 radical (unpaired) electrons. The molecule has 10 heteroatoms. The molecule has 1 heterocycles. The number of benzene rings is 2. The van der Waals surface area contributed by atoms with E-state index in [1.54, 1.807) is 41.0 Å². The lowest BCUT2D eigenvalue weighted by Crippen LogP contribution is -2.18. The number of hydrogen-bond donors (Lipinski definition) is 2. The van der Waals surface area contributed by atoms with Crippen molar-refractivity contribution in [2.45, 2.75) is 25.0 Å². The molecule has 0 unspecified atom stereocenters. The van der Waals surface area contributed by atoms with Crippen LogP contribution in [0.4, 0.5) is 15.8 Å². The number of hydrogen-bond acceptors (Lipinski definition) is 5. The fraction of sp³-hybridized carbons (Fsp3) is 0.200. The fourth-order valence-corrected chi connectivity index (χ4v) is 3.58. The number of nitrogens with zero attached hydrogens (tertiary/aromatic N) is 3. The summed E-state index contributed by atoms with van der Waals surface area (Å²) >= 11 is 7.05. The number of aromatic nitrogens is 3. The van der Waals surface area contributed by atoms with Gasteiger partial charge in [-0.15, -0.1) is 10.2 Å². The van der Waals surface area contributed by atoms with Crippen LogP contribution in [0.3, 0.4) is 0 Å². The monoisotopic (exact) mass is 447 g/mol. The number of carbonyl (C=O) groups excluding carboxylic acids is 2. The van der Waals surface area contributed by atoms with E-state index in [1.807, 2.05) is 6.92 Å². The van der Waals surface area contributed by atoms with Crippen molar-refractivity contribution in [1.29, 1.82) is 0 Å². The molecule has 156 valence electrons. The summed E-state index contributed by atoms with van der Waals surface area (Å²) in [5.74, 6) is -0.550. The van der Waals surface area contributed by atoms with Gasteiger partial charge in [-0.25, -0.2) is 4.39 Å². The van der Waals surface area contributed by atoms with Crippen LogP contribution in [0.15, 0.2) is 53.7 Å². The highest BCUT2D eigenvalue weighted by Crippen LogP contribution is 2.19. The zero-order chi connectivity index (χ0) is 21.5. The van der Waals surface area contributed by atoms with Crippen molar-refractivity contribution in [3.8, 4) is 0 Å². The van der Waals surface area contributed by atoms with Crippen LogP contribution in [-0.4, -0.2) is 32.3 Å². The molecule has 2 aromatic carbocycles. The Morgan fingerprint density at radius 2 is 1.80 bits per heavy atom. The van der Waals surface area contributed by atoms with Crippen molar-refractivity contribution >= 4 is 46.6 Å². The van der Waals surface area contributed by atoms with Gasteiger partial charge in [-0.05, 0) is 43.3 Å². The Kier molecular flexibility index (Phi) is 7.42. The van der Waals surface area contributed by atoms with E-state index in [1.165, 1.54) is 23.9 Å². The van der Waals surface area contributed by atoms with Crippen molar-refractivity contribution in [3.05, 3.63) is 65.2 Å². The van der Waals surface area contributed by atoms with Crippen LogP contribution < -0.4 is 10.6 Å². The molecule has 2 N–H and O–H groups in total. The van der Waals surface area contributed by atoms with Crippen molar-refractivity contribution in [2.75, 3.05) is 16.4 Å². The molecule has 7 nitrogen and oxygen atoms in total. The standard InChI is InChI=1S/C20H19ClFN5O2S/c1-2-27-17(11-18(28)24-16-6-4-3-5-15(16)22)25-26-20(27)30-12-19(29)23-14-9-7-13(21)8-10-14/h3-10H,2,11-12H2,1H3,(H,23,29)(H,24,28). The molecular weight excluding hydrogens is 429 g/mol. The highest BCUT2D eigenvalue weighted by molar-refractivity contribution is 7.99. The van der Waals surface area contributed by atoms with Crippen molar-refractivity contribution < 1.29 is 14.0 Å². The Hall–Kier alpha value is -2.91. The molecule has 0 aliphatic heterocycles. The maximum absolute atomic E-state index is 13.7. The zero-order valence-electron chi connectivity index (χ0n) is 16.1. The number of nitrogens with one attached hydrogen (secondary N) is 2. The Balaban J connectivity index is 1.58. The van der Waals surface area contributed by atoms with Gasteiger partial charge in [0.15, 0.2) is 5.16 Å². The van der Waals surface area contributed by atoms with Crippen LogP contribution >= 0.6 is 23.4 Å². The maximum atomic E-state index is 13.7. The summed E-state index contributed by atoms with van der Waals surface area (Å²) in [6.45, 7) is 2.41. The molecule has 0 saturated heterocycles. The van der Waals surface area contributed by atoms with E-state index in [2.05, 4.69) is 20.8 Å². The summed E-state index contributed by atoms with van der Waals surface area (Å²) in [6.07, 6.45) is -0.0628. The second-order valence-corrected chi connectivity index (χ2v) is 7.57. The molecule has 0 spiro atoms. The lowest BCUT2D eigenvalue weighted by atomic mass is 10.3. The number of amides is 2. The average Bonchev–Trinajstić information content (AvgIpc) is 3.11. The van der Waals surface area contributed by atoms with Crippen LogP contribution in [0.5, 0.6) is 0 Å². The second kappa shape index (κ2) is 10.2. The number of para-hydroxylation sites is 1. The van der Waals surface area contributed by atoms with E-state index >= 15 is 0 Å². The lowest BCUT2D eigenvalue weighted by Gasteiger charge is -2.09. The Labute approximate surface area is 182 Å². The first kappa shape index (κ1) is 21.8. The molecule has 0 fully saturated rings. The molecule has 0 atom stereocenters. The summed E-state index contributed by atoms with van der Waals surface area (Å²) in [6, 6.07) is 12.7. The first-order valence-corrected chi connectivity index (χ1v) is 10.5. The van der Waals surface area contributed by atoms with Gasteiger partial charge in [-0.1, -0.05) is 35.5 Å². The lowest BCUT2D eigenvalue weighted by molar-refractivity contribution is -0.116. The fourth-order valence-electron chi connectivity index (χ4n) is 2.64. The molecule has 0 saturated carbocycles. The van der Waals surface area contributed by atoms with Crippen LogP contribution in [-0.2, 0) is 22.6 Å². The highest BCUT2D eigenvalue weighted by Gasteiger charge is 2.16. The summed E-state index contributed by atoms with van der Waals surface area (Å²) in [5.41, 5.74) is 0.756. The zero-order valence-corrected chi connectivity index (χ0v) is 17.6. The molecule has 0 aliphatic rings. The Morgan fingerprint density at radius 1 is 1.07 bits per heavy atom. The second-order valence-electron chi connectivity index (χ2n) is 6.19. The van der Waals surface area contributed by atoms with Gasteiger partial charge < -0.3 is 15.2 Å². The van der Waals surface area contributed by atoms with Gasteiger partial charge in [0, 0.05) is 17.3 Å². The Morgan fingerprint density at radius 3 is 2.50 bits per heavy atom. The predicted octanol–water partition coefficient (Wildman–Crippen LogP) is 4.00. The van der Waals surface area contributed by atoms with Crippen LogP contribution in [0.1, 0.15) is 12.7 Å². The van der Waals surface area contributed by atoms with Gasteiger partial charge in [0.25, 0.3) is 0 Å². The summed E-state index contributed by atoms with van der Waals surface area (Å²) in [7, 11) is 0. The number of thioether (sulfide) groups is 1. The number of halogens is 2. The third kappa shape index (κ3) is 5.80. The van der Waals surface area contributed by atoms with E-state index in [-0.39, 0.29) is 23.8 Å². The van der Waals surface area contributed by atoms with Gasteiger partial charge >= 0.3 is 0 Å². The summed E-state index contributed by atoms with van der Waals surface area (Å²) < 4.78 is 15.4. The van der Waals surface area contributed by atoms with Crippen molar-refractivity contribution in [2.24, 2.45) is 0 Å². The largest absolute Gasteiger partial charge is 0.325 e. The topological polar surface area (TPSA) is 88.9 Å². The van der Waals surface area contributed by atoms with Gasteiger partial charge in [0.2, 0.25) is 11.8 Å². The van der Waals surface area contributed by atoms with Crippen molar-refractivity contribution in [1.82, 2.24) is 14.8 Å². The van der Waals surface area contributed by atoms with E-state index < -0.39 is 11.7 Å². The van der Waals surface area contributed by atoms with Gasteiger partial charge in [0.1, 0.15) is 11.6 Å². The molecule has 0 bridgehead atoms. The van der Waals surface area contributed by atoms with Gasteiger partial charge in [0.05, 0.1) is 17.9 Å². The molecule has 3 aromatic rings. The number of anilines is 2. The number of carbonyl (C=O) groups is 2. The van der Waals surface area contributed by atoms with Crippen molar-refractivity contribution in [3.63, 3.8) is 0 Å². The maximum Gasteiger partial charge on any atom is 0.234 e. The number of rotatable bonds is 8. The quantitative estimate of drug-likeness (QED) is 0.509. The molecular formula is C20H19ClFN5O2S. The normalized spacial score (nSPS) is 10.6. The highest BCUT2D eigenvalue weighted by atomic mass is 35.5. The molecule has 30 heavy (non-hydrogen) atoms. The first-order chi connectivity index (χ1) is 14.5. The summed E-state index contributed by atoms with van der Waals surface area (Å²) in [5, 5.41) is 14.5. The minimum atomic E-state index is -0.509. The van der Waals surface area contributed by atoms with E-state index in [0.29, 0.717) is 28.2 Å². The summed E-state index contributed by atoms with van der Waals surface area (Å²) in [4.78, 5) is 24.4. The molecule has 3 rings (SSSR count). The van der Waals surface area contributed by atoms with E-state index in [4.69, 9.17) is 11.6 Å². The van der Waals surface area contributed by atoms with Crippen LogP contribution in [0, 0.1) is 5.82 Å². The average molecular weight is 448 g/mol. The molecule has 1 aromatic heterocycles. The van der Waals surface area contributed by atoms with Crippen LogP contribution in [0.2, 0.25) is 5.02 Å². The van der Waals surface area contributed by atoms with E-state index in [9.17, 15) is 14.0 Å². The minimum absolute atomic E-state index is 0.0628. The SMILES string of the molecule is CCn1c(CC(=O)Nc2ccccc2F)nnc1SCC(=O)Nc1ccc(Cl)cc1. The minimum Gasteiger partial charge on any atom is -0.325 e. The third-order valence-electron chi connectivity index (χ3n) is 4.04. The smallest absolute Gasteiger partial charge is 0.234 e. The molecule has 0 aliphatic carbocycles. The molecule has 2 amide bonds. The first-order valence-electron chi connectivity index (χ1n) is 9.11. The van der Waals surface area contributed by atoms with Gasteiger partial charge in [-0.3, -0.25) is 9.59 Å². The Bertz CT molecular complexity index is 1040. The van der Waals surface area contributed by atoms with E-state index in [0.717, 1.165) is 0 Å². The predicted molar refractivity (Wildman–Crippen MR) is 115 cm³/mol. The van der Waals surface area contributed by atoms with Gasteiger partial charge in [-0.2, -0.15) is 0 Å². The third-order valence-corrected chi connectivity index (χ3v) is 5.26. The van der Waals surface area contributed by atoms with Crippen LogP contribution in [0.25, 0.3) is 0 Å².